The van der Waals surface area contributed by atoms with Crippen LogP contribution in [0.2, 0.25) is 0 Å². The van der Waals surface area contributed by atoms with Crippen molar-refractivity contribution in [3.05, 3.63) is 65.7 Å². The van der Waals surface area contributed by atoms with Crippen molar-refractivity contribution < 1.29 is 14.9 Å². The molecule has 0 amide bonds. The van der Waals surface area contributed by atoms with E-state index in [0.29, 0.717) is 0 Å². The second-order valence-electron chi connectivity index (χ2n) is 5.49. The van der Waals surface area contributed by atoms with Crippen molar-refractivity contribution in [2.75, 3.05) is 11.9 Å². The van der Waals surface area contributed by atoms with E-state index in [1.807, 2.05) is 61.5 Å². The lowest BCUT2D eigenvalue weighted by Gasteiger charge is -2.24. The third-order valence-corrected chi connectivity index (χ3v) is 4.79. The van der Waals surface area contributed by atoms with Crippen molar-refractivity contribution in [2.45, 2.75) is 19.2 Å². The van der Waals surface area contributed by atoms with Gasteiger partial charge in [-0.2, -0.15) is 0 Å². The van der Waals surface area contributed by atoms with Crippen LogP contribution in [0.5, 0.6) is 11.5 Å². The van der Waals surface area contributed by atoms with Crippen LogP contribution in [0.25, 0.3) is 0 Å². The maximum atomic E-state index is 10.0. The molecule has 2 aromatic carbocycles. The molecule has 0 bridgehead atoms. The van der Waals surface area contributed by atoms with Crippen molar-refractivity contribution in [3.8, 4) is 11.5 Å². The summed E-state index contributed by atoms with van der Waals surface area (Å²) in [7, 11) is 0. The van der Waals surface area contributed by atoms with Gasteiger partial charge in [-0.1, -0.05) is 18.2 Å². The number of nitrogens with one attached hydrogen (secondary N) is 1. The Balaban J connectivity index is 1.60. The number of anilines is 1. The largest absolute Gasteiger partial charge is 0.457 e. The molecule has 24 heavy (non-hydrogen) atoms. The number of hydrogen-bond donors (Lipinski definition) is 3. The molecule has 0 spiro atoms. The summed E-state index contributed by atoms with van der Waals surface area (Å²) in [6.07, 6.45) is 1.02. The van der Waals surface area contributed by atoms with E-state index in [-0.39, 0.29) is 12.6 Å². The molecule has 2 atom stereocenters. The summed E-state index contributed by atoms with van der Waals surface area (Å²) >= 11 is 1.40. The minimum Gasteiger partial charge on any atom is -0.457 e. The lowest BCUT2D eigenvalue weighted by molar-refractivity contribution is 0.0741. The topological polar surface area (TPSA) is 65.0 Å². The van der Waals surface area contributed by atoms with Crippen LogP contribution in [0.15, 0.2) is 65.7 Å². The summed E-state index contributed by atoms with van der Waals surface area (Å²) in [5, 5.41) is 23.3. The molecule has 2 aromatic rings. The summed E-state index contributed by atoms with van der Waals surface area (Å²) in [6.45, 7) is 1.86. The minimum absolute atomic E-state index is 0.00327. The van der Waals surface area contributed by atoms with Gasteiger partial charge in [0.1, 0.15) is 17.7 Å². The van der Waals surface area contributed by atoms with E-state index in [9.17, 15) is 10.2 Å². The molecule has 1 heterocycles. The van der Waals surface area contributed by atoms with E-state index < -0.39 is 6.23 Å². The van der Waals surface area contributed by atoms with E-state index in [1.54, 1.807) is 10.4 Å². The summed E-state index contributed by atoms with van der Waals surface area (Å²) in [6, 6.07) is 17.1. The average Bonchev–Trinajstić information content (AvgIpc) is 2.97. The molecule has 0 saturated heterocycles. The highest BCUT2D eigenvalue weighted by Gasteiger charge is 2.28. The van der Waals surface area contributed by atoms with Crippen molar-refractivity contribution in [1.29, 1.82) is 0 Å². The number of rotatable bonds is 6. The van der Waals surface area contributed by atoms with E-state index in [1.165, 1.54) is 11.9 Å². The van der Waals surface area contributed by atoms with E-state index >= 15 is 0 Å². The SMILES string of the molecule is C[C@@H](CO)N1SC(Nc2ccc(Oc3ccccc3)cc2)=CC1O. The Hall–Kier alpha value is -1.99. The maximum Gasteiger partial charge on any atom is 0.138 e. The first-order valence-corrected chi connectivity index (χ1v) is 8.50. The van der Waals surface area contributed by atoms with Crippen molar-refractivity contribution in [3.63, 3.8) is 0 Å². The fraction of sp³-hybridized carbons (Fsp3) is 0.222. The predicted octanol–water partition coefficient (Wildman–Crippen LogP) is 3.40. The maximum absolute atomic E-state index is 10.0. The summed E-state index contributed by atoms with van der Waals surface area (Å²) < 4.78 is 7.51. The van der Waals surface area contributed by atoms with Crippen LogP contribution < -0.4 is 10.1 Å². The number of hydrogen-bond acceptors (Lipinski definition) is 6. The fourth-order valence-electron chi connectivity index (χ4n) is 2.28. The van der Waals surface area contributed by atoms with Gasteiger partial charge in [0.25, 0.3) is 0 Å². The van der Waals surface area contributed by atoms with Gasteiger partial charge in [0.15, 0.2) is 0 Å². The smallest absolute Gasteiger partial charge is 0.138 e. The van der Waals surface area contributed by atoms with Gasteiger partial charge in [0.2, 0.25) is 0 Å². The first-order chi connectivity index (χ1) is 11.7. The van der Waals surface area contributed by atoms with Crippen LogP contribution in [0.3, 0.4) is 0 Å². The molecule has 0 aromatic heterocycles. The van der Waals surface area contributed by atoms with Crippen molar-refractivity contribution in [1.82, 2.24) is 4.31 Å². The third kappa shape index (κ3) is 4.10. The standard InChI is InChI=1S/C18H20N2O3S/c1-13(12-21)20-18(22)11-17(24-20)19-14-7-9-16(10-8-14)23-15-5-3-2-4-6-15/h2-11,13,18-19,21-22H,12H2,1H3/t13-,18?/m0/s1. The molecule has 5 nitrogen and oxygen atoms in total. The van der Waals surface area contributed by atoms with Gasteiger partial charge in [-0.05, 0) is 61.3 Å². The number of aliphatic hydroxyl groups excluding tert-OH is 2. The highest BCUT2D eigenvalue weighted by atomic mass is 32.2. The first kappa shape index (κ1) is 16.9. The highest BCUT2D eigenvalue weighted by molar-refractivity contribution is 8.01. The molecule has 1 aliphatic rings. The Bertz CT molecular complexity index is 691. The molecule has 0 saturated carbocycles. The zero-order valence-electron chi connectivity index (χ0n) is 13.3. The Morgan fingerprint density at radius 3 is 2.46 bits per heavy atom. The predicted molar refractivity (Wildman–Crippen MR) is 96.6 cm³/mol. The lowest BCUT2D eigenvalue weighted by Crippen LogP contribution is -2.34. The zero-order chi connectivity index (χ0) is 16.9. The van der Waals surface area contributed by atoms with E-state index in [4.69, 9.17) is 4.74 Å². The monoisotopic (exact) mass is 344 g/mol. The quantitative estimate of drug-likeness (QED) is 0.698. The Labute approximate surface area is 145 Å². The Morgan fingerprint density at radius 2 is 1.79 bits per heavy atom. The van der Waals surface area contributed by atoms with Gasteiger partial charge in [-0.25, -0.2) is 4.31 Å². The van der Waals surface area contributed by atoms with Crippen molar-refractivity contribution >= 4 is 17.6 Å². The first-order valence-electron chi connectivity index (χ1n) is 7.73. The molecule has 6 heteroatoms. The van der Waals surface area contributed by atoms with Crippen LogP contribution >= 0.6 is 11.9 Å². The molecule has 1 aliphatic heterocycles. The van der Waals surface area contributed by atoms with E-state index in [0.717, 1.165) is 22.2 Å². The second-order valence-corrected chi connectivity index (χ2v) is 6.54. The summed E-state index contributed by atoms with van der Waals surface area (Å²) in [5.74, 6) is 1.55. The molecule has 0 radical (unpaired) electrons. The highest BCUT2D eigenvalue weighted by Crippen LogP contribution is 2.34. The van der Waals surface area contributed by atoms with Crippen LogP contribution in [0.1, 0.15) is 6.92 Å². The van der Waals surface area contributed by atoms with Crippen LogP contribution in [0, 0.1) is 0 Å². The fourth-order valence-corrected chi connectivity index (χ4v) is 3.26. The van der Waals surface area contributed by atoms with Gasteiger partial charge in [-0.15, -0.1) is 0 Å². The lowest BCUT2D eigenvalue weighted by atomic mass is 10.3. The Morgan fingerprint density at radius 1 is 1.12 bits per heavy atom. The van der Waals surface area contributed by atoms with Gasteiger partial charge in [-0.3, -0.25) is 0 Å². The van der Waals surface area contributed by atoms with Crippen LogP contribution in [-0.2, 0) is 0 Å². The molecule has 3 N–H and O–H groups in total. The average molecular weight is 344 g/mol. The molecular formula is C18H20N2O3S. The van der Waals surface area contributed by atoms with Gasteiger partial charge in [0.05, 0.1) is 11.6 Å². The normalized spacial score (nSPS) is 19.0. The molecule has 0 fully saturated rings. The zero-order valence-corrected chi connectivity index (χ0v) is 14.1. The number of benzene rings is 2. The van der Waals surface area contributed by atoms with E-state index in [2.05, 4.69) is 5.32 Å². The van der Waals surface area contributed by atoms with Gasteiger partial charge < -0.3 is 20.3 Å². The van der Waals surface area contributed by atoms with Gasteiger partial charge >= 0.3 is 0 Å². The van der Waals surface area contributed by atoms with Crippen molar-refractivity contribution in [2.24, 2.45) is 0 Å². The summed E-state index contributed by atoms with van der Waals surface area (Å²) in [4.78, 5) is 0. The van der Waals surface area contributed by atoms with Crippen LogP contribution in [-0.4, -0.2) is 33.4 Å². The molecule has 126 valence electrons. The number of ether oxygens (including phenoxy) is 1. The Kier molecular flexibility index (Phi) is 5.42. The second kappa shape index (κ2) is 7.72. The van der Waals surface area contributed by atoms with Gasteiger partial charge in [0, 0.05) is 11.7 Å². The minimum atomic E-state index is -0.708. The number of aliphatic hydroxyl groups is 2. The van der Waals surface area contributed by atoms with Crippen LogP contribution in [0.4, 0.5) is 5.69 Å². The number of para-hydroxylation sites is 1. The molecule has 3 rings (SSSR count). The third-order valence-electron chi connectivity index (χ3n) is 3.56. The molecule has 0 aliphatic carbocycles. The number of nitrogens with zero attached hydrogens (tertiary/aromatic N) is 1. The molecule has 1 unspecified atom stereocenters. The molecular weight excluding hydrogens is 324 g/mol. The summed E-state index contributed by atoms with van der Waals surface area (Å²) in [5.41, 5.74) is 0.903.